The van der Waals surface area contributed by atoms with Crippen LogP contribution in [0.25, 0.3) is 0 Å². The molecule has 0 spiro atoms. The first kappa shape index (κ1) is 78.1. The van der Waals surface area contributed by atoms with Gasteiger partial charge in [0.1, 0.15) is 12.7 Å². The molecule has 2 N–H and O–H groups in total. The monoisotopic (exact) mass is 1170 g/mol. The molecule has 3 atom stereocenters. The second-order valence-corrected chi connectivity index (χ2v) is 23.0. The van der Waals surface area contributed by atoms with Gasteiger partial charge in [-0.3, -0.25) is 23.4 Å². The minimum Gasteiger partial charge on any atom is -0.462 e. The summed E-state index contributed by atoms with van der Waals surface area (Å²) >= 11 is 0. The molecule has 0 rings (SSSR count). The van der Waals surface area contributed by atoms with Crippen molar-refractivity contribution in [2.75, 3.05) is 26.4 Å². The van der Waals surface area contributed by atoms with Gasteiger partial charge in [0.25, 0.3) is 0 Å². The van der Waals surface area contributed by atoms with E-state index in [4.69, 9.17) is 23.3 Å². The molecule has 3 unspecified atom stereocenters. The number of hydrogen-bond acceptors (Lipinski definition) is 10. The van der Waals surface area contributed by atoms with E-state index in [1.807, 2.05) is 12.2 Å². The summed E-state index contributed by atoms with van der Waals surface area (Å²) in [5.41, 5.74) is 0. The zero-order chi connectivity index (χ0) is 59.8. The van der Waals surface area contributed by atoms with Crippen LogP contribution >= 0.6 is 7.82 Å². The van der Waals surface area contributed by atoms with Crippen molar-refractivity contribution < 1.29 is 52.2 Å². The first-order valence-electron chi connectivity index (χ1n) is 32.8. The molecule has 0 bridgehead atoms. The van der Waals surface area contributed by atoms with E-state index in [1.54, 1.807) is 0 Å². The summed E-state index contributed by atoms with van der Waals surface area (Å²) in [6.45, 7) is 4.36. The van der Waals surface area contributed by atoms with Crippen LogP contribution in [-0.2, 0) is 42.2 Å². The van der Waals surface area contributed by atoms with Gasteiger partial charge in [-0.1, -0.05) is 278 Å². The summed E-state index contributed by atoms with van der Waals surface area (Å²) in [6.07, 6.45) is 77.7. The maximum atomic E-state index is 13.0. The van der Waals surface area contributed by atoms with Crippen molar-refractivity contribution in [3.05, 3.63) is 109 Å². The molecule has 0 aromatic heterocycles. The number of carbonyl (C=O) groups excluding carboxylic acids is 3. The highest BCUT2D eigenvalue weighted by Gasteiger charge is 2.28. The van der Waals surface area contributed by atoms with Crippen LogP contribution in [0.5, 0.6) is 0 Å². The number of phosphoric acid groups is 1. The van der Waals surface area contributed by atoms with E-state index < -0.39 is 57.8 Å². The van der Waals surface area contributed by atoms with E-state index in [0.717, 1.165) is 103 Å². The van der Waals surface area contributed by atoms with Gasteiger partial charge in [-0.2, -0.15) is 0 Å². The highest BCUT2D eigenvalue weighted by Crippen LogP contribution is 2.43. The van der Waals surface area contributed by atoms with Gasteiger partial charge in [0.2, 0.25) is 0 Å². The summed E-state index contributed by atoms with van der Waals surface area (Å²) < 4.78 is 39.6. The maximum absolute atomic E-state index is 13.0. The zero-order valence-corrected chi connectivity index (χ0v) is 53.1. The average Bonchev–Trinajstić information content (AvgIpc) is 3.50. The lowest BCUT2D eigenvalue weighted by Gasteiger charge is -2.21. The molecule has 0 aliphatic carbocycles. The molecule has 0 saturated heterocycles. The summed E-state index contributed by atoms with van der Waals surface area (Å²) in [4.78, 5) is 48.8. The van der Waals surface area contributed by atoms with E-state index in [-0.39, 0.29) is 25.9 Å². The van der Waals surface area contributed by atoms with Crippen molar-refractivity contribution in [2.24, 2.45) is 0 Å². The van der Waals surface area contributed by atoms with Gasteiger partial charge < -0.3 is 24.2 Å². The lowest BCUT2D eigenvalue weighted by atomic mass is 10.0. The Morgan fingerprint density at radius 3 is 1.05 bits per heavy atom. The molecular weight excluding hydrogens is 1050 g/mol. The van der Waals surface area contributed by atoms with Crippen molar-refractivity contribution in [2.45, 2.75) is 290 Å². The van der Waals surface area contributed by atoms with E-state index >= 15 is 0 Å². The number of rotatable bonds is 60. The number of ether oxygens (including phenoxy) is 3. The molecule has 0 aliphatic heterocycles. The van der Waals surface area contributed by atoms with Crippen molar-refractivity contribution in [1.29, 1.82) is 0 Å². The SMILES string of the molecule is CC/C=C\C/C=C\C/C=C\C/C=C\C/C=C\C/C=C\CCC(=O)OC(COC(=O)CCCCCCCCC/C=C\C/C=C\C/C=C\CC)COP(=O)(O)OCC(CO)OC(=O)CCCCCCCCCCCCCCCCCCCCC. The fourth-order valence-corrected chi connectivity index (χ4v) is 9.59. The first-order chi connectivity index (χ1) is 40.2. The highest BCUT2D eigenvalue weighted by atomic mass is 31.2. The lowest BCUT2D eigenvalue weighted by molar-refractivity contribution is -0.161. The van der Waals surface area contributed by atoms with Gasteiger partial charge in [0.05, 0.1) is 19.8 Å². The summed E-state index contributed by atoms with van der Waals surface area (Å²) in [6, 6.07) is 0. The molecule has 11 nitrogen and oxygen atoms in total. The van der Waals surface area contributed by atoms with Crippen LogP contribution in [0, 0.1) is 0 Å². The number of unbranched alkanes of at least 4 members (excludes halogenated alkanes) is 25. The van der Waals surface area contributed by atoms with E-state index in [0.29, 0.717) is 25.7 Å². The molecule has 0 aromatic carbocycles. The van der Waals surface area contributed by atoms with Crippen LogP contribution in [0.2, 0.25) is 0 Å². The lowest BCUT2D eigenvalue weighted by Crippen LogP contribution is -2.30. The number of aliphatic hydroxyl groups is 1. The second-order valence-electron chi connectivity index (χ2n) is 21.5. The van der Waals surface area contributed by atoms with Crippen LogP contribution < -0.4 is 0 Å². The van der Waals surface area contributed by atoms with Crippen molar-refractivity contribution in [3.8, 4) is 0 Å². The van der Waals surface area contributed by atoms with E-state index in [2.05, 4.69) is 118 Å². The van der Waals surface area contributed by atoms with E-state index in [1.165, 1.54) is 109 Å². The fourth-order valence-electron chi connectivity index (χ4n) is 8.81. The molecular formula is C70H119O11P. The topological polar surface area (TPSA) is 155 Å². The van der Waals surface area contributed by atoms with Gasteiger partial charge in [0, 0.05) is 19.3 Å². The number of esters is 3. The van der Waals surface area contributed by atoms with Gasteiger partial charge in [0.15, 0.2) is 6.10 Å². The standard InChI is InChI=1S/C70H119O11P/c1-4-7-10-13-16-19-22-25-28-31-33-36-39-42-45-48-51-54-57-60-69(73)80-66(62-71)64-78-82(75,76)79-65-67(63-77-68(72)59-56-53-50-47-44-41-38-35-30-27-24-21-18-15-12-9-6-3)81-70(74)61-58-55-52-49-46-43-40-37-34-32-29-26-23-20-17-14-11-8-5-2/h8-9,11-12,17-18,20-21,26-27,29-30,34,37,43,46,52,55,66-67,71H,4-7,10,13-16,19,22-25,28,31-33,35-36,38-42,44-45,47-51,53-54,56-65H2,1-3H3,(H,75,76)/b11-8-,12-9-,20-17-,21-18-,29-26-,30-27-,37-34-,46-43-,55-52-. The molecule has 0 heterocycles. The Balaban J connectivity index is 4.77. The molecule has 0 fully saturated rings. The van der Waals surface area contributed by atoms with Crippen LogP contribution in [0.1, 0.15) is 278 Å². The Kier molecular flexibility index (Phi) is 60.2. The molecule has 82 heavy (non-hydrogen) atoms. The Bertz CT molecular complexity index is 1790. The van der Waals surface area contributed by atoms with Crippen molar-refractivity contribution in [1.82, 2.24) is 0 Å². The Morgan fingerprint density at radius 2 is 0.659 bits per heavy atom. The van der Waals surface area contributed by atoms with Crippen molar-refractivity contribution in [3.63, 3.8) is 0 Å². The van der Waals surface area contributed by atoms with E-state index in [9.17, 15) is 28.9 Å². The minimum atomic E-state index is -4.78. The average molecular weight is 1170 g/mol. The van der Waals surface area contributed by atoms with Crippen LogP contribution in [0.15, 0.2) is 109 Å². The number of carbonyl (C=O) groups is 3. The summed E-state index contributed by atoms with van der Waals surface area (Å²) in [7, 11) is -4.78. The van der Waals surface area contributed by atoms with Gasteiger partial charge in [-0.15, -0.1) is 0 Å². The van der Waals surface area contributed by atoms with Crippen LogP contribution in [0.4, 0.5) is 0 Å². The third-order valence-electron chi connectivity index (χ3n) is 13.7. The predicted octanol–water partition coefficient (Wildman–Crippen LogP) is 20.1. The third kappa shape index (κ3) is 60.7. The van der Waals surface area contributed by atoms with Gasteiger partial charge in [-0.25, -0.2) is 4.57 Å². The van der Waals surface area contributed by atoms with Crippen LogP contribution in [-0.4, -0.2) is 66.5 Å². The smallest absolute Gasteiger partial charge is 0.462 e. The maximum Gasteiger partial charge on any atom is 0.472 e. The molecule has 12 heteroatoms. The molecule has 0 aliphatic rings. The number of hydrogen-bond donors (Lipinski definition) is 2. The molecule has 470 valence electrons. The molecule has 0 amide bonds. The second kappa shape index (κ2) is 63.2. The third-order valence-corrected chi connectivity index (χ3v) is 14.7. The molecule has 0 radical (unpaired) electrons. The first-order valence-corrected chi connectivity index (χ1v) is 34.3. The number of phosphoric ester groups is 1. The quantitative estimate of drug-likeness (QED) is 0.0197. The normalized spacial score (nSPS) is 14.0. The van der Waals surface area contributed by atoms with Gasteiger partial charge >= 0.3 is 25.7 Å². The highest BCUT2D eigenvalue weighted by molar-refractivity contribution is 7.47. The zero-order valence-electron chi connectivity index (χ0n) is 52.2. The van der Waals surface area contributed by atoms with Crippen LogP contribution in [0.3, 0.4) is 0 Å². The Morgan fingerprint density at radius 1 is 0.354 bits per heavy atom. The Labute approximate surface area is 501 Å². The predicted molar refractivity (Wildman–Crippen MR) is 343 cm³/mol. The number of aliphatic hydroxyl groups excluding tert-OH is 1. The number of allylic oxidation sites excluding steroid dienone is 18. The largest absolute Gasteiger partial charge is 0.472 e. The van der Waals surface area contributed by atoms with Crippen molar-refractivity contribution >= 4 is 25.7 Å². The summed E-state index contributed by atoms with van der Waals surface area (Å²) in [5, 5.41) is 9.87. The summed E-state index contributed by atoms with van der Waals surface area (Å²) in [5.74, 6) is -1.57. The van der Waals surface area contributed by atoms with Gasteiger partial charge in [-0.05, 0) is 89.9 Å². The minimum absolute atomic E-state index is 0.0364. The fraction of sp³-hybridized carbons (Fsp3) is 0.700. The Hall–Kier alpha value is -3.86. The molecule has 0 saturated carbocycles. The molecule has 0 aromatic rings.